The Bertz CT molecular complexity index is 1740. The average Bonchev–Trinajstić information content (AvgIpc) is 3.37. The highest BCUT2D eigenvalue weighted by Crippen LogP contribution is 2.46. The average molecular weight is 497 g/mol. The number of carbonyl (C=O) groups excluding carboxylic acids is 2. The van der Waals surface area contributed by atoms with Crippen LogP contribution in [0.5, 0.6) is 5.75 Å². The van der Waals surface area contributed by atoms with Gasteiger partial charge in [0.2, 0.25) is 5.91 Å². The molecule has 37 heavy (non-hydrogen) atoms. The molecule has 6 rings (SSSR count). The third-order valence-electron chi connectivity index (χ3n) is 7.60. The number of anilines is 1. The number of methoxy groups -OCH3 is 1. The number of hydrogen-bond acceptors (Lipinski definition) is 5. The van der Waals surface area contributed by atoms with Crippen molar-refractivity contribution >= 4 is 39.3 Å². The van der Waals surface area contributed by atoms with Crippen LogP contribution in [0.4, 0.5) is 5.69 Å². The number of nitrogens with one attached hydrogen (secondary N) is 1. The maximum Gasteiger partial charge on any atom is 0.259 e. The molecular formula is C29H28N4O4. The lowest BCUT2D eigenvalue weighted by Crippen LogP contribution is -2.34. The minimum Gasteiger partial charge on any atom is -0.497 e. The summed E-state index contributed by atoms with van der Waals surface area (Å²) in [6.45, 7) is 5.75. The first kappa shape index (κ1) is 23.1. The van der Waals surface area contributed by atoms with Crippen LogP contribution in [0.25, 0.3) is 21.8 Å². The molecule has 2 aromatic carbocycles. The number of carbonyl (C=O) groups is 2. The zero-order valence-electron chi connectivity index (χ0n) is 21.5. The first-order chi connectivity index (χ1) is 17.7. The maximum absolute atomic E-state index is 14.0. The number of pyridine rings is 1. The van der Waals surface area contributed by atoms with E-state index in [-0.39, 0.29) is 30.0 Å². The van der Waals surface area contributed by atoms with Crippen molar-refractivity contribution in [2.45, 2.75) is 32.7 Å². The summed E-state index contributed by atoms with van der Waals surface area (Å²) in [7, 11) is 3.33. The fraction of sp³-hybridized carbons (Fsp3) is 0.276. The number of ether oxygens (including phenoxy) is 1. The second-order valence-corrected chi connectivity index (χ2v) is 10.0. The van der Waals surface area contributed by atoms with Gasteiger partial charge in [-0.1, -0.05) is 6.07 Å². The van der Waals surface area contributed by atoms with Gasteiger partial charge in [-0.25, -0.2) is 0 Å². The van der Waals surface area contributed by atoms with Gasteiger partial charge in [-0.15, -0.1) is 0 Å². The molecule has 0 fully saturated rings. The summed E-state index contributed by atoms with van der Waals surface area (Å²) in [5, 5.41) is 5.31. The van der Waals surface area contributed by atoms with Gasteiger partial charge >= 0.3 is 0 Å². The van der Waals surface area contributed by atoms with Crippen molar-refractivity contribution in [3.05, 3.63) is 81.4 Å². The lowest BCUT2D eigenvalue weighted by atomic mass is 9.84. The van der Waals surface area contributed by atoms with Crippen LogP contribution in [0.3, 0.4) is 0 Å². The highest BCUT2D eigenvalue weighted by molar-refractivity contribution is 6.11. The molecule has 1 atom stereocenters. The Morgan fingerprint density at radius 3 is 2.57 bits per heavy atom. The molecule has 0 unspecified atom stereocenters. The third-order valence-corrected chi connectivity index (χ3v) is 7.60. The number of aryl methyl sites for hydroxylation is 1. The fourth-order valence-corrected chi connectivity index (χ4v) is 5.78. The smallest absolute Gasteiger partial charge is 0.259 e. The Hall–Kier alpha value is -4.33. The molecule has 4 heterocycles. The lowest BCUT2D eigenvalue weighted by Gasteiger charge is -2.20. The lowest BCUT2D eigenvalue weighted by molar-refractivity contribution is -0.139. The second-order valence-electron chi connectivity index (χ2n) is 10.0. The molecule has 2 aromatic heterocycles. The van der Waals surface area contributed by atoms with Gasteiger partial charge in [-0.3, -0.25) is 19.3 Å². The van der Waals surface area contributed by atoms with Gasteiger partial charge in [0.05, 0.1) is 30.3 Å². The van der Waals surface area contributed by atoms with Gasteiger partial charge in [0, 0.05) is 60.5 Å². The molecule has 0 bridgehead atoms. The highest BCUT2D eigenvalue weighted by atomic mass is 16.5. The van der Waals surface area contributed by atoms with Gasteiger partial charge in [0.1, 0.15) is 5.75 Å². The molecule has 8 heteroatoms. The van der Waals surface area contributed by atoms with E-state index in [2.05, 4.69) is 36.0 Å². The summed E-state index contributed by atoms with van der Waals surface area (Å²) < 4.78 is 9.15. The number of hydrogen-bond donors (Lipinski definition) is 1. The van der Waals surface area contributed by atoms with Crippen LogP contribution in [0.2, 0.25) is 0 Å². The topological polar surface area (TPSA) is 85.6 Å². The summed E-state index contributed by atoms with van der Waals surface area (Å²) in [4.78, 5) is 41.3. The first-order valence-corrected chi connectivity index (χ1v) is 12.3. The zero-order chi connectivity index (χ0) is 26.2. The normalized spacial score (nSPS) is 17.0. The maximum atomic E-state index is 14.0. The van der Waals surface area contributed by atoms with E-state index in [0.717, 1.165) is 33.1 Å². The first-order valence-electron chi connectivity index (χ1n) is 12.3. The van der Waals surface area contributed by atoms with E-state index in [1.807, 2.05) is 36.4 Å². The van der Waals surface area contributed by atoms with Gasteiger partial charge in [0.25, 0.3) is 11.5 Å². The quantitative estimate of drug-likeness (QED) is 0.458. The van der Waals surface area contributed by atoms with E-state index in [1.54, 1.807) is 18.7 Å². The number of amides is 2. The molecule has 4 aromatic rings. The Balaban J connectivity index is 1.70. The van der Waals surface area contributed by atoms with Crippen LogP contribution in [0, 0.1) is 0 Å². The molecule has 0 radical (unpaired) electrons. The molecule has 2 aliphatic rings. The number of nitrogens with zero attached hydrogens (tertiary/aromatic N) is 3. The van der Waals surface area contributed by atoms with Crippen LogP contribution in [-0.4, -0.2) is 39.5 Å². The Kier molecular flexibility index (Phi) is 5.05. The van der Waals surface area contributed by atoms with Crippen LogP contribution in [0.1, 0.15) is 43.9 Å². The van der Waals surface area contributed by atoms with Gasteiger partial charge in [-0.05, 0) is 55.1 Å². The predicted octanol–water partition coefficient (Wildman–Crippen LogP) is 4.28. The molecule has 8 nitrogen and oxygen atoms in total. The minimum absolute atomic E-state index is 0.149. The molecule has 2 aliphatic heterocycles. The molecule has 1 N–H and O–H groups in total. The van der Waals surface area contributed by atoms with Crippen molar-refractivity contribution in [1.29, 1.82) is 0 Å². The van der Waals surface area contributed by atoms with E-state index in [1.165, 1.54) is 11.8 Å². The summed E-state index contributed by atoms with van der Waals surface area (Å²) >= 11 is 0. The van der Waals surface area contributed by atoms with E-state index < -0.39 is 5.92 Å². The largest absolute Gasteiger partial charge is 0.497 e. The Labute approximate surface area is 213 Å². The molecule has 2 amide bonds. The number of benzene rings is 2. The second kappa shape index (κ2) is 8.09. The van der Waals surface area contributed by atoms with E-state index >= 15 is 0 Å². The van der Waals surface area contributed by atoms with Crippen LogP contribution < -0.4 is 15.6 Å². The Morgan fingerprint density at radius 2 is 1.86 bits per heavy atom. The van der Waals surface area contributed by atoms with Crippen LogP contribution in [0.15, 0.2) is 64.7 Å². The summed E-state index contributed by atoms with van der Waals surface area (Å²) in [5.74, 6) is -0.673. The van der Waals surface area contributed by atoms with Crippen molar-refractivity contribution in [1.82, 2.24) is 14.0 Å². The predicted molar refractivity (Wildman–Crippen MR) is 143 cm³/mol. The van der Waals surface area contributed by atoms with E-state index in [4.69, 9.17) is 4.74 Å². The monoisotopic (exact) mass is 496 g/mol. The Morgan fingerprint density at radius 1 is 1.08 bits per heavy atom. The molecule has 188 valence electrons. The highest BCUT2D eigenvalue weighted by Gasteiger charge is 2.42. The molecular weight excluding hydrogens is 468 g/mol. The number of aromatic nitrogens is 2. The van der Waals surface area contributed by atoms with E-state index in [9.17, 15) is 14.4 Å². The SMILES string of the molecule is COc1ccc2cc([C@H]3C4=C(CN(C(C)=O)C4=O)Nc4cccc5c4c3cn5C(C)C)c(=O)n(C)c2c1. The van der Waals surface area contributed by atoms with Crippen molar-refractivity contribution in [3.8, 4) is 5.75 Å². The van der Waals surface area contributed by atoms with E-state index in [0.29, 0.717) is 22.6 Å². The molecule has 0 spiro atoms. The molecule has 0 saturated heterocycles. The number of rotatable bonds is 3. The van der Waals surface area contributed by atoms with Gasteiger partial charge in [-0.2, -0.15) is 0 Å². The summed E-state index contributed by atoms with van der Waals surface area (Å²) in [6, 6.07) is 13.7. The van der Waals surface area contributed by atoms with Gasteiger partial charge < -0.3 is 19.2 Å². The number of imide groups is 1. The van der Waals surface area contributed by atoms with Crippen molar-refractivity contribution in [3.63, 3.8) is 0 Å². The molecule has 0 saturated carbocycles. The minimum atomic E-state index is -0.643. The summed E-state index contributed by atoms with van der Waals surface area (Å²) in [5.41, 5.74) is 4.90. The van der Waals surface area contributed by atoms with Crippen molar-refractivity contribution in [2.24, 2.45) is 7.05 Å². The molecule has 0 aliphatic carbocycles. The third kappa shape index (κ3) is 3.25. The zero-order valence-corrected chi connectivity index (χ0v) is 21.5. The van der Waals surface area contributed by atoms with Crippen LogP contribution in [-0.2, 0) is 16.6 Å². The van der Waals surface area contributed by atoms with Crippen LogP contribution >= 0.6 is 0 Å². The summed E-state index contributed by atoms with van der Waals surface area (Å²) in [6.07, 6.45) is 2.06. The van der Waals surface area contributed by atoms with Crippen molar-refractivity contribution < 1.29 is 14.3 Å². The van der Waals surface area contributed by atoms with Gasteiger partial charge in [0.15, 0.2) is 0 Å². The standard InChI is InChI=1S/C29H28N4O4/c1-15(2)32-13-20-25(19-11-17-9-10-18(37-5)12-24(17)31(4)28(19)35)27-22(14-33(16(3)34)29(27)36)30-21-7-6-8-23(32)26(20)21/h6-13,15,25,30H,14H2,1-5H3/t25-/m1/s1. The number of fused-ring (bicyclic) bond motifs is 1. The fourth-order valence-electron chi connectivity index (χ4n) is 5.78. The van der Waals surface area contributed by atoms with Crippen molar-refractivity contribution in [2.75, 3.05) is 19.0 Å².